The summed E-state index contributed by atoms with van der Waals surface area (Å²) in [7, 11) is 2.27. The highest BCUT2D eigenvalue weighted by molar-refractivity contribution is 7.92. The summed E-state index contributed by atoms with van der Waals surface area (Å²) in [6.07, 6.45) is 4.71. The zero-order chi connectivity index (χ0) is 27.9. The highest BCUT2D eigenvalue weighted by Crippen LogP contribution is 2.57. The van der Waals surface area contributed by atoms with Crippen molar-refractivity contribution in [2.75, 3.05) is 32.2 Å². The first-order valence-electron chi connectivity index (χ1n) is 12.7. The lowest BCUT2D eigenvalue weighted by Crippen LogP contribution is -2.35. The van der Waals surface area contributed by atoms with E-state index in [-0.39, 0.29) is 28.6 Å². The van der Waals surface area contributed by atoms with Crippen molar-refractivity contribution in [3.63, 3.8) is 0 Å². The molecule has 0 radical (unpaired) electrons. The number of hydrogen-bond donors (Lipinski definition) is 0. The number of nitrogens with zero attached hydrogens (tertiary/aromatic N) is 3. The quantitative estimate of drug-likeness (QED) is 0.405. The summed E-state index contributed by atoms with van der Waals surface area (Å²) < 4.78 is 60.3. The maximum atomic E-state index is 13.7. The smallest absolute Gasteiger partial charge is 0.309 e. The van der Waals surface area contributed by atoms with Gasteiger partial charge in [0.25, 0.3) is 10.0 Å². The molecule has 1 aromatic heterocycles. The number of imidazole rings is 1. The number of sulfonamides is 1. The van der Waals surface area contributed by atoms with Gasteiger partial charge in [-0.3, -0.25) is 9.10 Å². The van der Waals surface area contributed by atoms with Crippen LogP contribution in [0.3, 0.4) is 0 Å². The Morgan fingerprint density at radius 1 is 1.21 bits per heavy atom. The SMILES string of the molecule is COC(=O)C1CC[C@@]2(C[C@@H](c3cc(N(C)S(=O)(=O)c4cn(C)cn4)ccc3OC)CO2)[C@@H]1c1ccc(F)cc1. The van der Waals surface area contributed by atoms with E-state index in [0.29, 0.717) is 37.3 Å². The third-order valence-electron chi connectivity index (χ3n) is 8.07. The standard InChI is InChI=1S/C28H32FN3O6S/c1-31-15-25(30-17-31)39(34,35)32(2)21-9-10-24(36-3)23(13-21)19-14-28(38-16-19)12-11-22(27(33)37-4)26(28)18-5-7-20(29)8-6-18/h5-10,13,15,17,19,22,26H,11-12,14,16H2,1-4H3/t19-,22?,26-,28-/m1/s1. The predicted octanol–water partition coefficient (Wildman–Crippen LogP) is 4.00. The van der Waals surface area contributed by atoms with Gasteiger partial charge in [-0.25, -0.2) is 9.37 Å². The Kier molecular flexibility index (Phi) is 7.15. The Bertz CT molecular complexity index is 1470. The minimum atomic E-state index is -3.87. The van der Waals surface area contributed by atoms with Crippen molar-refractivity contribution in [2.45, 2.75) is 41.7 Å². The molecule has 11 heteroatoms. The van der Waals surface area contributed by atoms with Crippen LogP contribution in [0.25, 0.3) is 0 Å². The van der Waals surface area contributed by atoms with Gasteiger partial charge in [-0.15, -0.1) is 0 Å². The van der Waals surface area contributed by atoms with Crippen LogP contribution in [0.15, 0.2) is 60.0 Å². The number of aromatic nitrogens is 2. The Hall–Kier alpha value is -3.44. The number of benzene rings is 2. The van der Waals surface area contributed by atoms with E-state index in [0.717, 1.165) is 11.1 Å². The number of carbonyl (C=O) groups excluding carboxylic acids is 1. The summed E-state index contributed by atoms with van der Waals surface area (Å²) in [5.74, 6) is -0.885. The van der Waals surface area contributed by atoms with Crippen molar-refractivity contribution >= 4 is 21.7 Å². The van der Waals surface area contributed by atoms with E-state index in [1.54, 1.807) is 43.0 Å². The van der Waals surface area contributed by atoms with Gasteiger partial charge in [0.2, 0.25) is 0 Å². The molecule has 9 nitrogen and oxygen atoms in total. The lowest BCUT2D eigenvalue weighted by atomic mass is 9.76. The number of aryl methyl sites for hydroxylation is 1. The summed E-state index contributed by atoms with van der Waals surface area (Å²) in [4.78, 5) is 16.8. The highest BCUT2D eigenvalue weighted by Gasteiger charge is 2.56. The first-order valence-corrected chi connectivity index (χ1v) is 14.2. The van der Waals surface area contributed by atoms with Crippen molar-refractivity contribution in [2.24, 2.45) is 13.0 Å². The Labute approximate surface area is 227 Å². The van der Waals surface area contributed by atoms with Crippen LogP contribution in [0.1, 0.15) is 42.2 Å². The average Bonchev–Trinajstić information content (AvgIpc) is 3.67. The largest absolute Gasteiger partial charge is 0.496 e. The fourth-order valence-electron chi connectivity index (χ4n) is 6.13. The van der Waals surface area contributed by atoms with Crippen LogP contribution in [0.5, 0.6) is 5.75 Å². The Balaban J connectivity index is 1.48. The monoisotopic (exact) mass is 557 g/mol. The lowest BCUT2D eigenvalue weighted by Gasteiger charge is -2.33. The molecule has 0 bridgehead atoms. The molecule has 1 saturated carbocycles. The molecule has 0 amide bonds. The van der Waals surface area contributed by atoms with E-state index in [9.17, 15) is 17.6 Å². The van der Waals surface area contributed by atoms with Crippen LogP contribution < -0.4 is 9.04 Å². The number of hydrogen-bond acceptors (Lipinski definition) is 7. The van der Waals surface area contributed by atoms with Gasteiger partial charge in [-0.1, -0.05) is 12.1 Å². The molecule has 1 aliphatic carbocycles. The molecule has 1 saturated heterocycles. The molecule has 1 unspecified atom stereocenters. The predicted molar refractivity (Wildman–Crippen MR) is 142 cm³/mol. The molecule has 2 heterocycles. The van der Waals surface area contributed by atoms with Crippen LogP contribution in [0.2, 0.25) is 0 Å². The second-order valence-corrected chi connectivity index (χ2v) is 12.2. The molecule has 2 aromatic carbocycles. The van der Waals surface area contributed by atoms with Crippen molar-refractivity contribution in [1.29, 1.82) is 0 Å². The third kappa shape index (κ3) is 4.78. The molecular weight excluding hydrogens is 525 g/mol. The summed E-state index contributed by atoms with van der Waals surface area (Å²) in [5, 5.41) is -0.0463. The fourth-order valence-corrected chi connectivity index (χ4v) is 7.28. The number of rotatable bonds is 7. The van der Waals surface area contributed by atoms with Gasteiger partial charge in [0, 0.05) is 37.7 Å². The molecule has 0 N–H and O–H groups in total. The molecule has 208 valence electrons. The normalized spacial score (nSPS) is 24.7. The zero-order valence-corrected chi connectivity index (χ0v) is 23.2. The van der Waals surface area contributed by atoms with Crippen LogP contribution in [-0.4, -0.2) is 57.4 Å². The van der Waals surface area contributed by atoms with E-state index in [1.165, 1.54) is 43.1 Å². The molecule has 39 heavy (non-hydrogen) atoms. The van der Waals surface area contributed by atoms with Gasteiger partial charge < -0.3 is 18.8 Å². The molecule has 4 atom stereocenters. The van der Waals surface area contributed by atoms with E-state index in [1.807, 2.05) is 6.07 Å². The zero-order valence-electron chi connectivity index (χ0n) is 22.3. The van der Waals surface area contributed by atoms with E-state index >= 15 is 0 Å². The van der Waals surface area contributed by atoms with Crippen LogP contribution in [0, 0.1) is 11.7 Å². The van der Waals surface area contributed by atoms with Crippen molar-refractivity contribution < 1.29 is 31.8 Å². The topological polar surface area (TPSA) is 100.0 Å². The molecular formula is C28H32FN3O6S. The maximum absolute atomic E-state index is 13.7. The summed E-state index contributed by atoms with van der Waals surface area (Å²) >= 11 is 0. The minimum Gasteiger partial charge on any atom is -0.496 e. The summed E-state index contributed by atoms with van der Waals surface area (Å²) in [6, 6.07) is 11.5. The van der Waals surface area contributed by atoms with Gasteiger partial charge in [0.15, 0.2) is 5.03 Å². The Morgan fingerprint density at radius 3 is 2.59 bits per heavy atom. The highest BCUT2D eigenvalue weighted by atomic mass is 32.2. The number of esters is 1. The number of methoxy groups -OCH3 is 2. The van der Waals surface area contributed by atoms with Crippen LogP contribution in [0.4, 0.5) is 10.1 Å². The second-order valence-electron chi connectivity index (χ2n) is 10.3. The third-order valence-corrected chi connectivity index (χ3v) is 9.74. The van der Waals surface area contributed by atoms with Gasteiger partial charge in [0.05, 0.1) is 44.4 Å². The molecule has 2 aliphatic rings. The summed E-state index contributed by atoms with van der Waals surface area (Å²) in [5.41, 5.74) is 1.45. The molecule has 5 rings (SSSR count). The van der Waals surface area contributed by atoms with Gasteiger partial charge in [0.1, 0.15) is 11.6 Å². The minimum absolute atomic E-state index is 0.0463. The van der Waals surface area contributed by atoms with E-state index in [4.69, 9.17) is 14.2 Å². The van der Waals surface area contributed by atoms with Crippen molar-refractivity contribution in [3.8, 4) is 5.75 Å². The van der Waals surface area contributed by atoms with Crippen molar-refractivity contribution in [1.82, 2.24) is 9.55 Å². The maximum Gasteiger partial charge on any atom is 0.309 e. The fraction of sp³-hybridized carbons (Fsp3) is 0.429. The number of ether oxygens (including phenoxy) is 3. The Morgan fingerprint density at radius 2 is 1.95 bits per heavy atom. The molecule has 1 spiro atoms. The van der Waals surface area contributed by atoms with Gasteiger partial charge >= 0.3 is 5.97 Å². The van der Waals surface area contributed by atoms with Crippen molar-refractivity contribution in [3.05, 3.63) is 71.9 Å². The number of halogens is 1. The average molecular weight is 558 g/mol. The van der Waals surface area contributed by atoms with Crippen LogP contribution in [-0.2, 0) is 31.3 Å². The second kappa shape index (κ2) is 10.3. The van der Waals surface area contributed by atoms with Crippen LogP contribution >= 0.6 is 0 Å². The van der Waals surface area contributed by atoms with Gasteiger partial charge in [-0.05, 0) is 55.2 Å². The van der Waals surface area contributed by atoms with E-state index in [2.05, 4.69) is 4.98 Å². The first-order chi connectivity index (χ1) is 18.6. The molecule has 2 fully saturated rings. The molecule has 3 aromatic rings. The number of anilines is 1. The van der Waals surface area contributed by atoms with Gasteiger partial charge in [-0.2, -0.15) is 8.42 Å². The molecule has 1 aliphatic heterocycles. The van der Waals surface area contributed by atoms with E-state index < -0.39 is 21.5 Å². The summed E-state index contributed by atoms with van der Waals surface area (Å²) in [6.45, 7) is 0.363. The first kappa shape index (κ1) is 27.1. The lowest BCUT2D eigenvalue weighted by molar-refractivity contribution is -0.146. The number of carbonyl (C=O) groups is 1.